The largest absolute Gasteiger partial charge is 0.324 e. The van der Waals surface area contributed by atoms with Crippen LogP contribution in [0.25, 0.3) is 0 Å². The molecule has 0 bridgehead atoms. The van der Waals surface area contributed by atoms with Crippen LogP contribution in [0, 0.1) is 6.92 Å². The molecule has 2 aliphatic rings. The summed E-state index contributed by atoms with van der Waals surface area (Å²) in [6.45, 7) is 1.82. The summed E-state index contributed by atoms with van der Waals surface area (Å²) in [5.41, 5.74) is 7.43. The first-order valence-electron chi connectivity index (χ1n) is 8.47. The fourth-order valence-corrected chi connectivity index (χ4v) is 3.49. The quantitative estimate of drug-likeness (QED) is 0.832. The molecule has 1 aliphatic carbocycles. The third kappa shape index (κ3) is 3.06. The molecule has 0 spiro atoms. The minimum Gasteiger partial charge on any atom is -0.324 e. The Bertz CT molecular complexity index is 677. The number of aryl methyl sites for hydroxylation is 1. The maximum Gasteiger partial charge on any atom is 0.244 e. The van der Waals surface area contributed by atoms with Crippen molar-refractivity contribution in [1.82, 2.24) is 0 Å². The number of benzene rings is 1. The summed E-state index contributed by atoms with van der Waals surface area (Å²) < 4.78 is 0. The summed E-state index contributed by atoms with van der Waals surface area (Å²) in [4.78, 5) is 37.5. The molecule has 2 fully saturated rings. The Morgan fingerprint density at radius 2 is 1.75 bits per heavy atom. The highest BCUT2D eigenvalue weighted by molar-refractivity contribution is 6.20. The highest BCUT2D eigenvalue weighted by Crippen LogP contribution is 2.30. The van der Waals surface area contributed by atoms with Crippen molar-refractivity contribution in [2.75, 3.05) is 10.2 Å². The molecule has 6 nitrogen and oxygen atoms in total. The average Bonchev–Trinajstić information content (AvgIpc) is 2.87. The smallest absolute Gasteiger partial charge is 0.244 e. The van der Waals surface area contributed by atoms with E-state index in [0.717, 1.165) is 24.8 Å². The fourth-order valence-electron chi connectivity index (χ4n) is 3.49. The lowest BCUT2D eigenvalue weighted by Gasteiger charge is -2.31. The number of carbonyl (C=O) groups excluding carboxylic acids is 3. The van der Waals surface area contributed by atoms with Gasteiger partial charge in [-0.1, -0.05) is 19.3 Å². The van der Waals surface area contributed by atoms with Gasteiger partial charge in [-0.05, 0) is 43.5 Å². The number of imide groups is 1. The van der Waals surface area contributed by atoms with Crippen LogP contribution in [0.5, 0.6) is 0 Å². The monoisotopic (exact) mass is 329 g/mol. The fraction of sp³-hybridized carbons (Fsp3) is 0.500. The van der Waals surface area contributed by atoms with Crippen LogP contribution >= 0.6 is 0 Å². The standard InChI is InChI=1S/C18H23N3O3/c1-12-11-13(20-17(24)18(19)9-3-2-4-10-18)5-6-14(12)21-15(22)7-8-16(21)23/h5-6,11H,2-4,7-10,19H2,1H3,(H,20,24). The van der Waals surface area contributed by atoms with Crippen LogP contribution in [0.4, 0.5) is 11.4 Å². The van der Waals surface area contributed by atoms with Gasteiger partial charge in [0.1, 0.15) is 0 Å². The van der Waals surface area contributed by atoms with Crippen LogP contribution in [0.3, 0.4) is 0 Å². The third-order valence-electron chi connectivity index (χ3n) is 4.95. The van der Waals surface area contributed by atoms with E-state index in [1.54, 1.807) is 18.2 Å². The van der Waals surface area contributed by atoms with Crippen molar-refractivity contribution in [1.29, 1.82) is 0 Å². The molecular weight excluding hydrogens is 306 g/mol. The Balaban J connectivity index is 1.76. The van der Waals surface area contributed by atoms with Crippen molar-refractivity contribution in [2.45, 2.75) is 57.4 Å². The minimum atomic E-state index is -0.800. The van der Waals surface area contributed by atoms with Crippen molar-refractivity contribution >= 4 is 29.1 Å². The Hall–Kier alpha value is -2.21. The molecule has 1 heterocycles. The van der Waals surface area contributed by atoms with Gasteiger partial charge in [-0.2, -0.15) is 0 Å². The van der Waals surface area contributed by atoms with Crippen molar-refractivity contribution in [3.05, 3.63) is 23.8 Å². The molecule has 128 valence electrons. The highest BCUT2D eigenvalue weighted by atomic mass is 16.2. The first kappa shape index (κ1) is 16.6. The van der Waals surface area contributed by atoms with E-state index in [-0.39, 0.29) is 30.6 Å². The average molecular weight is 329 g/mol. The first-order valence-corrected chi connectivity index (χ1v) is 8.47. The molecule has 1 saturated carbocycles. The van der Waals surface area contributed by atoms with Gasteiger partial charge >= 0.3 is 0 Å². The predicted octanol–water partition coefficient (Wildman–Crippen LogP) is 2.25. The van der Waals surface area contributed by atoms with Gasteiger partial charge in [0.05, 0.1) is 11.2 Å². The molecule has 6 heteroatoms. The molecule has 3 amide bonds. The number of nitrogens with zero attached hydrogens (tertiary/aromatic N) is 1. The van der Waals surface area contributed by atoms with Crippen LogP contribution in [0.1, 0.15) is 50.5 Å². The summed E-state index contributed by atoms with van der Waals surface area (Å²) in [5, 5.41) is 2.88. The second kappa shape index (κ2) is 6.36. The van der Waals surface area contributed by atoms with Crippen molar-refractivity contribution in [2.24, 2.45) is 5.73 Å². The summed E-state index contributed by atoms with van der Waals surface area (Å²) in [6.07, 6.45) is 4.98. The Kier molecular flexibility index (Phi) is 4.41. The van der Waals surface area contributed by atoms with E-state index >= 15 is 0 Å². The van der Waals surface area contributed by atoms with Crippen LogP contribution in [0.15, 0.2) is 18.2 Å². The number of hydrogen-bond donors (Lipinski definition) is 2. The molecule has 1 aromatic carbocycles. The van der Waals surface area contributed by atoms with E-state index in [0.29, 0.717) is 24.2 Å². The van der Waals surface area contributed by atoms with Gasteiger partial charge in [-0.15, -0.1) is 0 Å². The van der Waals surface area contributed by atoms with E-state index < -0.39 is 5.54 Å². The van der Waals surface area contributed by atoms with Crippen LogP contribution in [-0.2, 0) is 14.4 Å². The molecule has 1 aliphatic heterocycles. The molecule has 3 rings (SSSR count). The second-order valence-electron chi connectivity index (χ2n) is 6.80. The number of carbonyl (C=O) groups is 3. The van der Waals surface area contributed by atoms with E-state index in [2.05, 4.69) is 5.32 Å². The van der Waals surface area contributed by atoms with Crippen LogP contribution in [0.2, 0.25) is 0 Å². The summed E-state index contributed by atoms with van der Waals surface area (Å²) in [6, 6.07) is 5.19. The van der Waals surface area contributed by atoms with Gasteiger partial charge in [-0.3, -0.25) is 19.3 Å². The summed E-state index contributed by atoms with van der Waals surface area (Å²) in [7, 11) is 0. The molecule has 0 atom stereocenters. The summed E-state index contributed by atoms with van der Waals surface area (Å²) in [5.74, 6) is -0.520. The predicted molar refractivity (Wildman–Crippen MR) is 91.5 cm³/mol. The Morgan fingerprint density at radius 3 is 2.33 bits per heavy atom. The molecule has 1 saturated heterocycles. The molecule has 1 aromatic rings. The van der Waals surface area contributed by atoms with E-state index in [4.69, 9.17) is 5.73 Å². The molecule has 0 aromatic heterocycles. The molecular formula is C18H23N3O3. The van der Waals surface area contributed by atoms with E-state index in [1.165, 1.54) is 4.90 Å². The van der Waals surface area contributed by atoms with Gasteiger partial charge in [0.2, 0.25) is 17.7 Å². The number of nitrogens with two attached hydrogens (primary N) is 1. The van der Waals surface area contributed by atoms with Crippen LogP contribution < -0.4 is 16.0 Å². The van der Waals surface area contributed by atoms with Crippen molar-refractivity contribution in [3.63, 3.8) is 0 Å². The number of rotatable bonds is 3. The normalized spacial score (nSPS) is 20.3. The molecule has 24 heavy (non-hydrogen) atoms. The topological polar surface area (TPSA) is 92.5 Å². The number of nitrogens with one attached hydrogen (secondary N) is 1. The maximum atomic E-state index is 12.5. The van der Waals surface area contributed by atoms with Crippen LogP contribution in [-0.4, -0.2) is 23.3 Å². The SMILES string of the molecule is Cc1cc(NC(=O)C2(N)CCCCC2)ccc1N1C(=O)CCC1=O. The number of amides is 3. The van der Waals surface area contributed by atoms with Crippen molar-refractivity contribution in [3.8, 4) is 0 Å². The number of anilines is 2. The van der Waals surface area contributed by atoms with Gasteiger partial charge in [0.25, 0.3) is 0 Å². The lowest BCUT2D eigenvalue weighted by molar-refractivity contribution is -0.122. The van der Waals surface area contributed by atoms with Gasteiger partial charge in [-0.25, -0.2) is 0 Å². The Morgan fingerprint density at radius 1 is 1.12 bits per heavy atom. The van der Waals surface area contributed by atoms with Gasteiger partial charge in [0, 0.05) is 18.5 Å². The molecule has 0 radical (unpaired) electrons. The first-order chi connectivity index (χ1) is 11.4. The zero-order chi connectivity index (χ0) is 17.3. The molecule has 0 unspecified atom stereocenters. The zero-order valence-corrected chi connectivity index (χ0v) is 13.9. The van der Waals surface area contributed by atoms with Crippen molar-refractivity contribution < 1.29 is 14.4 Å². The van der Waals surface area contributed by atoms with Gasteiger partial charge < -0.3 is 11.1 Å². The minimum absolute atomic E-state index is 0.164. The lowest BCUT2D eigenvalue weighted by atomic mass is 9.82. The maximum absolute atomic E-state index is 12.5. The Labute approximate surface area is 141 Å². The lowest BCUT2D eigenvalue weighted by Crippen LogP contribution is -2.52. The second-order valence-corrected chi connectivity index (χ2v) is 6.80. The third-order valence-corrected chi connectivity index (χ3v) is 4.95. The molecule has 3 N–H and O–H groups in total. The van der Waals surface area contributed by atoms with E-state index in [1.807, 2.05) is 6.92 Å². The number of hydrogen-bond acceptors (Lipinski definition) is 4. The summed E-state index contributed by atoms with van der Waals surface area (Å²) >= 11 is 0. The highest BCUT2D eigenvalue weighted by Gasteiger charge is 2.35. The zero-order valence-electron chi connectivity index (χ0n) is 13.9. The van der Waals surface area contributed by atoms with E-state index in [9.17, 15) is 14.4 Å². The van der Waals surface area contributed by atoms with Gasteiger partial charge in [0.15, 0.2) is 0 Å².